The van der Waals surface area contributed by atoms with Gasteiger partial charge in [-0.2, -0.15) is 0 Å². The van der Waals surface area contributed by atoms with Gasteiger partial charge in [0.05, 0.1) is 6.61 Å². The monoisotopic (exact) mass is 391 g/mol. The molecule has 1 saturated heterocycles. The van der Waals surface area contributed by atoms with Crippen LogP contribution in [-0.2, 0) is 20.7 Å². The lowest BCUT2D eigenvalue weighted by Crippen LogP contribution is -2.59. The Morgan fingerprint density at radius 1 is 1.33 bits per heavy atom. The van der Waals surface area contributed by atoms with Crippen LogP contribution in [0.1, 0.15) is 12.0 Å². The number of carbonyl (C=O) groups excluding carboxylic acids is 2. The zero-order valence-corrected chi connectivity index (χ0v) is 15.2. The molecular formula is C17H24F3N3O4. The molecule has 1 aliphatic heterocycles. The van der Waals surface area contributed by atoms with Crippen molar-refractivity contribution < 1.29 is 32.6 Å². The first-order valence-corrected chi connectivity index (χ1v) is 8.23. The Morgan fingerprint density at radius 3 is 2.59 bits per heavy atom. The van der Waals surface area contributed by atoms with E-state index in [1.165, 1.54) is 12.0 Å². The second kappa shape index (κ2) is 10.9. The topological polar surface area (TPSA) is 105 Å². The molecule has 0 saturated carbocycles. The van der Waals surface area contributed by atoms with Crippen molar-refractivity contribution in [2.45, 2.75) is 24.9 Å². The summed E-state index contributed by atoms with van der Waals surface area (Å²) in [6.45, 7) is 0.674. The number of nitrogens with one attached hydrogen (secondary N) is 1. The number of hydrogen-bond donors (Lipinski definition) is 3. The average Bonchev–Trinajstić information content (AvgIpc) is 2.63. The molecule has 10 heteroatoms. The van der Waals surface area contributed by atoms with Gasteiger partial charge >= 0.3 is 0 Å². The number of benzene rings is 1. The fourth-order valence-corrected chi connectivity index (χ4v) is 2.75. The molecule has 0 unspecified atom stereocenters. The minimum atomic E-state index is -1.28. The Labute approximate surface area is 155 Å². The van der Waals surface area contributed by atoms with E-state index in [-0.39, 0.29) is 36.8 Å². The number of aliphatic hydroxyl groups is 1. The van der Waals surface area contributed by atoms with Crippen molar-refractivity contribution in [3.63, 3.8) is 0 Å². The Bertz CT molecular complexity index is 661. The number of rotatable bonds is 6. The molecule has 1 aromatic carbocycles. The van der Waals surface area contributed by atoms with E-state index >= 15 is 0 Å². The number of ether oxygens (including phenoxy) is 1. The predicted molar refractivity (Wildman–Crippen MR) is 91.1 cm³/mol. The Morgan fingerprint density at radius 2 is 1.96 bits per heavy atom. The van der Waals surface area contributed by atoms with Crippen LogP contribution < -0.4 is 11.1 Å². The summed E-state index contributed by atoms with van der Waals surface area (Å²) in [5, 5.41) is 9.64. The lowest BCUT2D eigenvalue weighted by molar-refractivity contribution is -0.145. The number of piperazine rings is 1. The molecule has 0 spiro atoms. The highest BCUT2D eigenvalue weighted by atomic mass is 19.2. The summed E-state index contributed by atoms with van der Waals surface area (Å²) in [5.74, 6) is -4.08. The van der Waals surface area contributed by atoms with E-state index in [4.69, 9.17) is 15.6 Å². The maximum absolute atomic E-state index is 13.7. The molecule has 2 atom stereocenters. The van der Waals surface area contributed by atoms with Crippen LogP contribution in [0.15, 0.2) is 12.1 Å². The van der Waals surface area contributed by atoms with Gasteiger partial charge in [0.15, 0.2) is 11.6 Å². The van der Waals surface area contributed by atoms with E-state index in [0.717, 1.165) is 13.2 Å². The van der Waals surface area contributed by atoms with Gasteiger partial charge in [0.25, 0.3) is 0 Å². The van der Waals surface area contributed by atoms with Crippen LogP contribution >= 0.6 is 0 Å². The molecule has 1 heterocycles. The van der Waals surface area contributed by atoms with E-state index in [2.05, 4.69) is 5.32 Å². The fraction of sp³-hybridized carbons (Fsp3) is 0.529. The van der Waals surface area contributed by atoms with E-state index in [1.54, 1.807) is 0 Å². The highest BCUT2D eigenvalue weighted by molar-refractivity contribution is 5.89. The maximum atomic E-state index is 13.7. The van der Waals surface area contributed by atoms with Gasteiger partial charge in [-0.25, -0.2) is 13.2 Å². The van der Waals surface area contributed by atoms with Gasteiger partial charge in [-0.05, 0) is 18.1 Å². The molecule has 0 aliphatic carbocycles. The first kappa shape index (κ1) is 22.9. The van der Waals surface area contributed by atoms with Crippen LogP contribution in [0.5, 0.6) is 0 Å². The second-order valence-electron chi connectivity index (χ2n) is 5.88. The number of hydrogen-bond acceptors (Lipinski definition) is 5. The molecule has 152 valence electrons. The van der Waals surface area contributed by atoms with Crippen molar-refractivity contribution in [1.29, 1.82) is 0 Å². The highest BCUT2D eigenvalue weighted by Gasteiger charge is 2.33. The molecule has 1 aliphatic rings. The molecule has 27 heavy (non-hydrogen) atoms. The quantitative estimate of drug-likeness (QED) is 0.590. The van der Waals surface area contributed by atoms with Crippen LogP contribution in [-0.4, -0.2) is 67.8 Å². The summed E-state index contributed by atoms with van der Waals surface area (Å²) in [5.41, 5.74) is 5.75. The third-order valence-corrected chi connectivity index (χ3v) is 3.98. The van der Waals surface area contributed by atoms with E-state index in [0.29, 0.717) is 19.2 Å². The van der Waals surface area contributed by atoms with Gasteiger partial charge in [0, 0.05) is 45.8 Å². The molecule has 2 amide bonds. The van der Waals surface area contributed by atoms with E-state index in [1.807, 2.05) is 0 Å². The van der Waals surface area contributed by atoms with Crippen molar-refractivity contribution in [1.82, 2.24) is 10.2 Å². The summed E-state index contributed by atoms with van der Waals surface area (Å²) in [6, 6.07) is -0.377. The average molecular weight is 391 g/mol. The van der Waals surface area contributed by atoms with Gasteiger partial charge in [-0.1, -0.05) is 0 Å². The third kappa shape index (κ3) is 6.19. The Balaban J connectivity index is 0.00000176. The van der Waals surface area contributed by atoms with E-state index < -0.39 is 29.5 Å². The standard InChI is InChI=1S/C16H20F3N3O3.CH4O/c1-25-8-14-16(24)21-2-3-22(14)15(23)6-10(20)4-9-5-12(18)13(19)7-11(9)17;1-2/h5,7,10,14H,2-4,6,8,20H2,1H3,(H,21,24);2H,1H3/t10-,14-;/m1./s1. The van der Waals surface area contributed by atoms with Gasteiger partial charge in [0.1, 0.15) is 11.9 Å². The normalized spacial score (nSPS) is 17.7. The Kier molecular flexibility index (Phi) is 9.19. The zero-order valence-electron chi connectivity index (χ0n) is 15.2. The smallest absolute Gasteiger partial charge is 0.245 e. The SMILES string of the molecule is CO.COC[C@@H]1C(=O)NCCN1C(=O)C[C@H](N)Cc1cc(F)c(F)cc1F. The number of halogens is 3. The number of nitrogens with zero attached hydrogens (tertiary/aromatic N) is 1. The molecule has 1 fully saturated rings. The van der Waals surface area contributed by atoms with Crippen LogP contribution in [0.4, 0.5) is 13.2 Å². The van der Waals surface area contributed by atoms with Crippen molar-refractivity contribution in [2.75, 3.05) is 33.9 Å². The van der Waals surface area contributed by atoms with Crippen LogP contribution in [0.3, 0.4) is 0 Å². The Hall–Kier alpha value is -2.17. The molecule has 0 aromatic heterocycles. The van der Waals surface area contributed by atoms with Crippen molar-refractivity contribution in [2.24, 2.45) is 5.73 Å². The number of amides is 2. The molecule has 4 N–H and O–H groups in total. The largest absolute Gasteiger partial charge is 0.400 e. The number of nitrogens with two attached hydrogens (primary N) is 1. The number of methoxy groups -OCH3 is 1. The first-order chi connectivity index (χ1) is 12.8. The van der Waals surface area contributed by atoms with Crippen molar-refractivity contribution >= 4 is 11.8 Å². The summed E-state index contributed by atoms with van der Waals surface area (Å²) in [7, 11) is 2.42. The van der Waals surface area contributed by atoms with Crippen LogP contribution in [0, 0.1) is 17.5 Å². The minimum Gasteiger partial charge on any atom is -0.400 e. The summed E-state index contributed by atoms with van der Waals surface area (Å²) < 4.78 is 44.8. The summed E-state index contributed by atoms with van der Waals surface area (Å²) in [4.78, 5) is 25.6. The lowest BCUT2D eigenvalue weighted by Gasteiger charge is -2.35. The summed E-state index contributed by atoms with van der Waals surface area (Å²) >= 11 is 0. The highest BCUT2D eigenvalue weighted by Crippen LogP contribution is 2.16. The van der Waals surface area contributed by atoms with Crippen LogP contribution in [0.25, 0.3) is 0 Å². The molecule has 0 bridgehead atoms. The molecule has 0 radical (unpaired) electrons. The van der Waals surface area contributed by atoms with Gasteiger partial charge in [-0.15, -0.1) is 0 Å². The molecular weight excluding hydrogens is 367 g/mol. The number of carbonyl (C=O) groups is 2. The predicted octanol–water partition coefficient (Wildman–Crippen LogP) is -0.0543. The van der Waals surface area contributed by atoms with E-state index in [9.17, 15) is 22.8 Å². The summed E-state index contributed by atoms with van der Waals surface area (Å²) in [6.07, 6.45) is -0.296. The van der Waals surface area contributed by atoms with Crippen molar-refractivity contribution in [3.05, 3.63) is 35.1 Å². The second-order valence-corrected chi connectivity index (χ2v) is 5.88. The fourth-order valence-electron chi connectivity index (χ4n) is 2.75. The molecule has 1 aromatic rings. The number of aliphatic hydroxyl groups excluding tert-OH is 1. The molecule has 2 rings (SSSR count). The van der Waals surface area contributed by atoms with Gasteiger partial charge < -0.3 is 25.8 Å². The maximum Gasteiger partial charge on any atom is 0.245 e. The van der Waals surface area contributed by atoms with Gasteiger partial charge in [-0.3, -0.25) is 9.59 Å². The van der Waals surface area contributed by atoms with Gasteiger partial charge in [0.2, 0.25) is 11.8 Å². The van der Waals surface area contributed by atoms with Crippen molar-refractivity contribution in [3.8, 4) is 0 Å². The third-order valence-electron chi connectivity index (χ3n) is 3.98. The lowest BCUT2D eigenvalue weighted by atomic mass is 10.0. The minimum absolute atomic E-state index is 0.0462. The molecule has 7 nitrogen and oxygen atoms in total. The zero-order chi connectivity index (χ0) is 20.6. The van der Waals surface area contributed by atoms with Crippen LogP contribution in [0.2, 0.25) is 0 Å². The first-order valence-electron chi connectivity index (χ1n) is 8.23.